The van der Waals surface area contributed by atoms with Gasteiger partial charge in [-0.3, -0.25) is 9.79 Å². The van der Waals surface area contributed by atoms with Gasteiger partial charge < -0.3 is 19.9 Å². The molecule has 6 nitrogen and oxygen atoms in total. The molecule has 1 N–H and O–H groups in total. The minimum absolute atomic E-state index is 0. The second-order valence-corrected chi connectivity index (χ2v) is 7.83. The molecule has 1 saturated heterocycles. The summed E-state index contributed by atoms with van der Waals surface area (Å²) in [6, 6.07) is 7.88. The quantitative estimate of drug-likeness (QED) is 0.384. The summed E-state index contributed by atoms with van der Waals surface area (Å²) in [5, 5.41) is 3.49. The van der Waals surface area contributed by atoms with E-state index in [1.165, 1.54) is 30.6 Å². The van der Waals surface area contributed by atoms with Gasteiger partial charge in [0.25, 0.3) is 5.91 Å². The number of benzene rings is 1. The lowest BCUT2D eigenvalue weighted by atomic mass is 9.82. The number of guanidine groups is 1. The van der Waals surface area contributed by atoms with Crippen molar-refractivity contribution in [3.63, 3.8) is 0 Å². The van der Waals surface area contributed by atoms with Crippen molar-refractivity contribution in [2.45, 2.75) is 32.2 Å². The monoisotopic (exact) mass is 500 g/mol. The van der Waals surface area contributed by atoms with Crippen LogP contribution in [0.15, 0.2) is 29.3 Å². The van der Waals surface area contributed by atoms with E-state index in [0.29, 0.717) is 12.3 Å². The van der Waals surface area contributed by atoms with E-state index in [2.05, 4.69) is 21.3 Å². The Balaban J connectivity index is 0.00000280. The number of likely N-dealkylation sites (tertiary alicyclic amines) is 1. The summed E-state index contributed by atoms with van der Waals surface area (Å²) in [5.41, 5.74) is 1.11. The van der Waals surface area contributed by atoms with E-state index < -0.39 is 0 Å². The molecular formula is C21H33IN4O2. The fourth-order valence-corrected chi connectivity index (χ4v) is 4.11. The molecular weight excluding hydrogens is 467 g/mol. The van der Waals surface area contributed by atoms with Gasteiger partial charge in [-0.25, -0.2) is 0 Å². The third-order valence-electron chi connectivity index (χ3n) is 5.70. The highest BCUT2D eigenvalue weighted by molar-refractivity contribution is 14.0. The van der Waals surface area contributed by atoms with E-state index in [4.69, 9.17) is 4.74 Å². The molecule has 1 aliphatic carbocycles. The van der Waals surface area contributed by atoms with Crippen molar-refractivity contribution in [1.29, 1.82) is 0 Å². The molecule has 1 amide bonds. The van der Waals surface area contributed by atoms with Gasteiger partial charge in [0, 0.05) is 40.8 Å². The number of hydrogen-bond donors (Lipinski definition) is 1. The fourth-order valence-electron chi connectivity index (χ4n) is 4.11. The minimum atomic E-state index is -0.0468. The number of aliphatic imine (C=N–C) groups is 1. The predicted octanol–water partition coefficient (Wildman–Crippen LogP) is 2.97. The zero-order chi connectivity index (χ0) is 19.2. The van der Waals surface area contributed by atoms with Gasteiger partial charge in [0.2, 0.25) is 0 Å². The molecule has 0 aromatic heterocycles. The topological polar surface area (TPSA) is 57.2 Å². The van der Waals surface area contributed by atoms with Crippen LogP contribution in [0.5, 0.6) is 5.75 Å². The Morgan fingerprint density at radius 2 is 1.93 bits per heavy atom. The summed E-state index contributed by atoms with van der Waals surface area (Å²) in [5.74, 6) is 3.33. The van der Waals surface area contributed by atoms with Crippen LogP contribution < -0.4 is 10.1 Å². The van der Waals surface area contributed by atoms with E-state index in [1.807, 2.05) is 25.2 Å². The first-order chi connectivity index (χ1) is 13.1. The van der Waals surface area contributed by atoms with E-state index in [9.17, 15) is 4.79 Å². The van der Waals surface area contributed by atoms with Gasteiger partial charge in [0.15, 0.2) is 12.6 Å². The van der Waals surface area contributed by atoms with Crippen molar-refractivity contribution in [3.05, 3.63) is 29.8 Å². The predicted molar refractivity (Wildman–Crippen MR) is 123 cm³/mol. The van der Waals surface area contributed by atoms with Crippen molar-refractivity contribution in [2.24, 2.45) is 16.8 Å². The number of likely N-dealkylation sites (N-methyl/N-ethyl adjacent to an activating group) is 1. The maximum absolute atomic E-state index is 11.7. The maximum Gasteiger partial charge on any atom is 0.259 e. The fraction of sp³-hybridized carbons (Fsp3) is 0.619. The van der Waals surface area contributed by atoms with Gasteiger partial charge >= 0.3 is 0 Å². The molecule has 1 aliphatic heterocycles. The van der Waals surface area contributed by atoms with Crippen molar-refractivity contribution in [3.8, 4) is 5.75 Å². The second-order valence-electron chi connectivity index (χ2n) is 7.83. The summed E-state index contributed by atoms with van der Waals surface area (Å²) >= 11 is 0. The zero-order valence-electron chi connectivity index (χ0n) is 17.2. The third-order valence-corrected chi connectivity index (χ3v) is 5.70. The van der Waals surface area contributed by atoms with Crippen LogP contribution in [0.4, 0.5) is 0 Å². The highest BCUT2D eigenvalue weighted by atomic mass is 127. The Hall–Kier alpha value is -1.51. The molecule has 2 atom stereocenters. The van der Waals surface area contributed by atoms with Crippen molar-refractivity contribution >= 4 is 35.8 Å². The van der Waals surface area contributed by atoms with Gasteiger partial charge in [0.05, 0.1) is 0 Å². The molecule has 0 bridgehead atoms. The number of carbonyl (C=O) groups is 1. The maximum atomic E-state index is 11.7. The average molecular weight is 500 g/mol. The van der Waals surface area contributed by atoms with Gasteiger partial charge in [-0.1, -0.05) is 25.0 Å². The van der Waals surface area contributed by atoms with Crippen LogP contribution in [0.25, 0.3) is 0 Å². The first kappa shape index (κ1) is 22.8. The lowest BCUT2D eigenvalue weighted by molar-refractivity contribution is -0.130. The van der Waals surface area contributed by atoms with Crippen LogP contribution in [-0.4, -0.2) is 62.5 Å². The van der Waals surface area contributed by atoms with Crippen LogP contribution in [0.3, 0.4) is 0 Å². The van der Waals surface area contributed by atoms with E-state index in [1.54, 1.807) is 14.1 Å². The molecule has 1 heterocycles. The number of nitrogens with one attached hydrogen (secondary N) is 1. The number of nitrogens with zero attached hydrogens (tertiary/aromatic N) is 3. The number of fused-ring (bicyclic) bond motifs is 1. The number of amides is 1. The van der Waals surface area contributed by atoms with Crippen LogP contribution in [-0.2, 0) is 11.3 Å². The molecule has 1 saturated carbocycles. The Morgan fingerprint density at radius 3 is 2.54 bits per heavy atom. The number of halogens is 1. The first-order valence-corrected chi connectivity index (χ1v) is 9.94. The van der Waals surface area contributed by atoms with Crippen molar-refractivity contribution in [1.82, 2.24) is 15.1 Å². The molecule has 156 valence electrons. The molecule has 1 aromatic carbocycles. The van der Waals surface area contributed by atoms with Crippen LogP contribution in [0, 0.1) is 11.8 Å². The summed E-state index contributed by atoms with van der Waals surface area (Å²) in [6.07, 6.45) is 5.49. The normalized spacial score (nSPS) is 21.5. The van der Waals surface area contributed by atoms with Crippen molar-refractivity contribution < 1.29 is 9.53 Å². The average Bonchev–Trinajstić information content (AvgIpc) is 3.10. The van der Waals surface area contributed by atoms with Crippen LogP contribution >= 0.6 is 24.0 Å². The Morgan fingerprint density at radius 1 is 1.25 bits per heavy atom. The summed E-state index contributed by atoms with van der Waals surface area (Å²) in [4.78, 5) is 20.1. The van der Waals surface area contributed by atoms with Gasteiger partial charge in [-0.15, -0.1) is 24.0 Å². The standard InChI is InChI=1S/C21H32N4O2.HI/c1-22-21(25-13-17-8-4-5-9-18(17)14-25)23-12-16-7-6-10-19(11-16)27-15-20(26)24(2)3;/h6-7,10-11,17-18H,4-5,8-9,12-15H2,1-3H3,(H,22,23);1H. The number of rotatable bonds is 5. The lowest BCUT2D eigenvalue weighted by Gasteiger charge is -2.22. The molecule has 0 radical (unpaired) electrons. The SMILES string of the molecule is CN=C(NCc1cccc(OCC(=O)N(C)C)c1)N1CC2CCCCC2C1.I. The van der Waals surface area contributed by atoms with E-state index in [-0.39, 0.29) is 36.5 Å². The number of carbonyl (C=O) groups excluding carboxylic acids is 1. The van der Waals surface area contributed by atoms with Gasteiger partial charge in [-0.05, 0) is 42.4 Å². The number of ether oxygens (including phenoxy) is 1. The summed E-state index contributed by atoms with van der Waals surface area (Å²) in [6.45, 7) is 3.00. The Kier molecular flexibility index (Phi) is 8.85. The highest BCUT2D eigenvalue weighted by Gasteiger charge is 2.35. The Bertz CT molecular complexity index is 666. The first-order valence-electron chi connectivity index (χ1n) is 9.94. The number of hydrogen-bond acceptors (Lipinski definition) is 3. The summed E-state index contributed by atoms with van der Waals surface area (Å²) < 4.78 is 5.61. The molecule has 28 heavy (non-hydrogen) atoms. The summed E-state index contributed by atoms with van der Waals surface area (Å²) in [7, 11) is 5.31. The van der Waals surface area contributed by atoms with Gasteiger partial charge in [-0.2, -0.15) is 0 Å². The molecule has 7 heteroatoms. The van der Waals surface area contributed by atoms with E-state index >= 15 is 0 Å². The molecule has 2 unspecified atom stereocenters. The molecule has 3 rings (SSSR count). The van der Waals surface area contributed by atoms with Gasteiger partial charge in [0.1, 0.15) is 5.75 Å². The molecule has 2 aliphatic rings. The second kappa shape index (κ2) is 10.9. The zero-order valence-corrected chi connectivity index (χ0v) is 19.5. The highest BCUT2D eigenvalue weighted by Crippen LogP contribution is 2.35. The van der Waals surface area contributed by atoms with Crippen LogP contribution in [0.1, 0.15) is 31.2 Å². The largest absolute Gasteiger partial charge is 0.484 e. The molecule has 0 spiro atoms. The van der Waals surface area contributed by atoms with E-state index in [0.717, 1.165) is 36.4 Å². The smallest absolute Gasteiger partial charge is 0.259 e. The van der Waals surface area contributed by atoms with Crippen LogP contribution in [0.2, 0.25) is 0 Å². The Labute approximate surface area is 185 Å². The lowest BCUT2D eigenvalue weighted by Crippen LogP contribution is -2.39. The molecule has 2 fully saturated rings. The third kappa shape index (κ3) is 5.99. The van der Waals surface area contributed by atoms with Crippen molar-refractivity contribution in [2.75, 3.05) is 40.8 Å². The molecule has 1 aromatic rings. The minimum Gasteiger partial charge on any atom is -0.484 e.